The van der Waals surface area contributed by atoms with Gasteiger partial charge in [0.2, 0.25) is 0 Å². The van der Waals surface area contributed by atoms with E-state index < -0.39 is 0 Å². The van der Waals surface area contributed by atoms with E-state index in [0.29, 0.717) is 11.6 Å². The second-order valence-electron chi connectivity index (χ2n) is 3.28. The molecule has 1 saturated heterocycles. The number of cyclic esters (lactones) is 1. The maximum absolute atomic E-state index is 11.4. The monoisotopic (exact) mass is 211 g/mol. The Morgan fingerprint density at radius 2 is 2.36 bits per heavy atom. The number of hydrogen-bond donors (Lipinski definition) is 0. The Labute approximate surface area is 87.2 Å². The van der Waals surface area contributed by atoms with E-state index in [1.54, 1.807) is 17.0 Å². The topological polar surface area (TPSA) is 29.5 Å². The van der Waals surface area contributed by atoms with Gasteiger partial charge in [0, 0.05) is 10.7 Å². The summed E-state index contributed by atoms with van der Waals surface area (Å²) < 4.78 is 5.01. The number of nitrogens with zero attached hydrogens (tertiary/aromatic N) is 1. The molecule has 1 aliphatic rings. The molecule has 0 aromatic heterocycles. The maximum atomic E-state index is 11.4. The summed E-state index contributed by atoms with van der Waals surface area (Å²) in [7, 11) is 0. The minimum Gasteiger partial charge on any atom is -0.444 e. The fourth-order valence-corrected chi connectivity index (χ4v) is 1.64. The van der Waals surface area contributed by atoms with Crippen molar-refractivity contribution in [1.29, 1.82) is 0 Å². The summed E-state index contributed by atoms with van der Waals surface area (Å²) in [6.45, 7) is 2.45. The van der Waals surface area contributed by atoms with Crippen LogP contribution in [0.1, 0.15) is 6.92 Å². The van der Waals surface area contributed by atoms with Crippen molar-refractivity contribution in [1.82, 2.24) is 0 Å². The van der Waals surface area contributed by atoms with Crippen LogP contribution in [0, 0.1) is 0 Å². The number of carbonyl (C=O) groups is 1. The van der Waals surface area contributed by atoms with Crippen molar-refractivity contribution >= 4 is 23.4 Å². The van der Waals surface area contributed by atoms with E-state index in [4.69, 9.17) is 16.3 Å². The molecule has 1 aliphatic heterocycles. The summed E-state index contributed by atoms with van der Waals surface area (Å²) in [4.78, 5) is 12.9. The normalized spacial score (nSPS) is 21.1. The molecule has 0 spiro atoms. The zero-order valence-electron chi connectivity index (χ0n) is 7.74. The number of ether oxygens (including phenoxy) is 1. The van der Waals surface area contributed by atoms with Gasteiger partial charge in [-0.3, -0.25) is 4.90 Å². The number of amides is 1. The van der Waals surface area contributed by atoms with Gasteiger partial charge >= 0.3 is 6.09 Å². The van der Waals surface area contributed by atoms with Crippen molar-refractivity contribution in [2.75, 3.05) is 11.4 Å². The van der Waals surface area contributed by atoms with E-state index >= 15 is 0 Å². The second-order valence-corrected chi connectivity index (χ2v) is 3.72. The molecule has 1 aromatic rings. The van der Waals surface area contributed by atoms with Gasteiger partial charge in [-0.2, -0.15) is 0 Å². The highest BCUT2D eigenvalue weighted by molar-refractivity contribution is 6.30. The molecule has 0 aliphatic carbocycles. The van der Waals surface area contributed by atoms with Crippen LogP contribution in [0.2, 0.25) is 5.02 Å². The molecule has 1 amide bonds. The summed E-state index contributed by atoms with van der Waals surface area (Å²) in [5, 5.41) is 0.620. The molecular weight excluding hydrogens is 202 g/mol. The second kappa shape index (κ2) is 3.50. The summed E-state index contributed by atoms with van der Waals surface area (Å²) >= 11 is 5.83. The Morgan fingerprint density at radius 3 is 2.93 bits per heavy atom. The highest BCUT2D eigenvalue weighted by atomic mass is 35.5. The molecule has 1 aromatic carbocycles. The van der Waals surface area contributed by atoms with Crippen molar-refractivity contribution in [2.24, 2.45) is 0 Å². The van der Waals surface area contributed by atoms with Gasteiger partial charge in [-0.25, -0.2) is 4.79 Å². The van der Waals surface area contributed by atoms with Crippen LogP contribution in [0.3, 0.4) is 0 Å². The Hall–Kier alpha value is -1.22. The van der Waals surface area contributed by atoms with Crippen LogP contribution in [0.15, 0.2) is 24.3 Å². The average Bonchev–Trinajstić information content (AvgIpc) is 2.45. The molecule has 1 heterocycles. The molecule has 14 heavy (non-hydrogen) atoms. The zero-order chi connectivity index (χ0) is 10.1. The van der Waals surface area contributed by atoms with Gasteiger partial charge in [-0.15, -0.1) is 0 Å². The van der Waals surface area contributed by atoms with Gasteiger partial charge in [0.15, 0.2) is 0 Å². The number of carbonyl (C=O) groups excluding carboxylic acids is 1. The van der Waals surface area contributed by atoms with Crippen molar-refractivity contribution in [3.63, 3.8) is 0 Å². The lowest BCUT2D eigenvalue weighted by atomic mass is 10.3. The van der Waals surface area contributed by atoms with Crippen LogP contribution in [0.25, 0.3) is 0 Å². The predicted molar refractivity (Wildman–Crippen MR) is 54.7 cm³/mol. The third-order valence-corrected chi connectivity index (χ3v) is 2.32. The van der Waals surface area contributed by atoms with E-state index in [-0.39, 0.29) is 12.2 Å². The smallest absolute Gasteiger partial charge is 0.414 e. The summed E-state index contributed by atoms with van der Waals surface area (Å²) in [6.07, 6.45) is -0.360. The molecule has 3 nitrogen and oxygen atoms in total. The fourth-order valence-electron chi connectivity index (χ4n) is 1.46. The van der Waals surface area contributed by atoms with Gasteiger partial charge in [-0.05, 0) is 25.1 Å². The van der Waals surface area contributed by atoms with Crippen molar-refractivity contribution in [2.45, 2.75) is 13.0 Å². The first kappa shape index (κ1) is 9.34. The Kier molecular flexibility index (Phi) is 2.33. The molecule has 0 saturated carbocycles. The molecule has 2 rings (SSSR count). The first-order valence-corrected chi connectivity index (χ1v) is 4.78. The van der Waals surface area contributed by atoms with E-state index in [9.17, 15) is 4.79 Å². The molecule has 0 unspecified atom stereocenters. The van der Waals surface area contributed by atoms with Crippen LogP contribution < -0.4 is 4.90 Å². The molecule has 1 fully saturated rings. The molecule has 74 valence electrons. The Bertz CT molecular complexity index is 367. The molecule has 0 N–H and O–H groups in total. The van der Waals surface area contributed by atoms with Gasteiger partial charge in [-0.1, -0.05) is 17.7 Å². The maximum Gasteiger partial charge on any atom is 0.414 e. The van der Waals surface area contributed by atoms with E-state index in [1.165, 1.54) is 0 Å². The lowest BCUT2D eigenvalue weighted by Crippen LogP contribution is -2.23. The third-order valence-electron chi connectivity index (χ3n) is 2.08. The summed E-state index contributed by atoms with van der Waals surface area (Å²) in [6, 6.07) is 7.18. The first-order valence-electron chi connectivity index (χ1n) is 4.40. The molecule has 0 radical (unpaired) electrons. The van der Waals surface area contributed by atoms with Crippen molar-refractivity contribution in [3.05, 3.63) is 29.3 Å². The number of halogens is 1. The highest BCUT2D eigenvalue weighted by Gasteiger charge is 2.29. The number of hydrogen-bond acceptors (Lipinski definition) is 2. The lowest BCUT2D eigenvalue weighted by molar-refractivity contribution is 0.150. The van der Waals surface area contributed by atoms with Crippen LogP contribution in [-0.2, 0) is 4.74 Å². The Morgan fingerprint density at radius 1 is 1.57 bits per heavy atom. The summed E-state index contributed by atoms with van der Waals surface area (Å²) in [5.41, 5.74) is 0.784. The largest absolute Gasteiger partial charge is 0.444 e. The number of anilines is 1. The molecule has 4 heteroatoms. The third kappa shape index (κ3) is 1.68. The minimum atomic E-state index is -0.306. The van der Waals surface area contributed by atoms with E-state index in [1.807, 2.05) is 19.1 Å². The van der Waals surface area contributed by atoms with E-state index in [2.05, 4.69) is 0 Å². The predicted octanol–water partition coefficient (Wildman–Crippen LogP) is 2.69. The van der Waals surface area contributed by atoms with Gasteiger partial charge < -0.3 is 4.74 Å². The molecule has 0 bridgehead atoms. The number of rotatable bonds is 1. The molecule has 1 atom stereocenters. The van der Waals surface area contributed by atoms with E-state index in [0.717, 1.165) is 5.69 Å². The standard InChI is InChI=1S/C10H10ClNO2/c1-7-6-12(10(13)14-7)9-4-2-3-8(11)5-9/h2-5,7H,6H2,1H3/t7-/m1/s1. The van der Waals surface area contributed by atoms with Crippen LogP contribution in [0.5, 0.6) is 0 Å². The lowest BCUT2D eigenvalue weighted by Gasteiger charge is -2.12. The van der Waals surface area contributed by atoms with Gasteiger partial charge in [0.05, 0.1) is 6.54 Å². The average molecular weight is 212 g/mol. The van der Waals surface area contributed by atoms with Crippen LogP contribution >= 0.6 is 11.6 Å². The first-order chi connectivity index (χ1) is 6.66. The quantitative estimate of drug-likeness (QED) is 0.715. The van der Waals surface area contributed by atoms with Crippen LogP contribution in [0.4, 0.5) is 10.5 Å². The SMILES string of the molecule is C[C@@H]1CN(c2cccc(Cl)c2)C(=O)O1. The van der Waals surface area contributed by atoms with Crippen LogP contribution in [-0.4, -0.2) is 18.7 Å². The zero-order valence-corrected chi connectivity index (χ0v) is 8.49. The number of benzene rings is 1. The fraction of sp³-hybridized carbons (Fsp3) is 0.300. The molecular formula is C10H10ClNO2. The van der Waals surface area contributed by atoms with Crippen molar-refractivity contribution in [3.8, 4) is 0 Å². The summed E-state index contributed by atoms with van der Waals surface area (Å²) in [5.74, 6) is 0. The van der Waals surface area contributed by atoms with Crippen molar-refractivity contribution < 1.29 is 9.53 Å². The Balaban J connectivity index is 2.27. The highest BCUT2D eigenvalue weighted by Crippen LogP contribution is 2.23. The minimum absolute atomic E-state index is 0.0542. The van der Waals surface area contributed by atoms with Gasteiger partial charge in [0.1, 0.15) is 6.10 Å². The van der Waals surface area contributed by atoms with Gasteiger partial charge in [0.25, 0.3) is 0 Å².